The molecule has 0 saturated carbocycles. The molecule has 4 aromatic heterocycles. The first-order chi connectivity index (χ1) is 16.4. The van der Waals surface area contributed by atoms with Crippen molar-refractivity contribution in [3.05, 3.63) is 88.6 Å². The maximum Gasteiger partial charge on any atom is 0.437 e. The fraction of sp³-hybridized carbons (Fsp3) is 0.250. The zero-order valence-corrected chi connectivity index (χ0v) is 18.2. The van der Waals surface area contributed by atoms with E-state index in [4.69, 9.17) is 0 Å². The summed E-state index contributed by atoms with van der Waals surface area (Å²) < 4.78 is 87.1. The van der Waals surface area contributed by atoms with Crippen molar-refractivity contribution >= 4 is 0 Å². The van der Waals surface area contributed by atoms with Crippen LogP contribution in [0.1, 0.15) is 47.9 Å². The van der Waals surface area contributed by atoms with Crippen LogP contribution in [0.4, 0.5) is 26.3 Å². The Hall–Kier alpha value is -3.76. The molecule has 3 aliphatic heterocycles. The zero-order valence-electron chi connectivity index (χ0n) is 18.2. The smallest absolute Gasteiger partial charge is 0.236 e. The molecule has 0 saturated heterocycles. The van der Waals surface area contributed by atoms with Crippen LogP contribution in [-0.2, 0) is 23.4 Å². The summed E-state index contributed by atoms with van der Waals surface area (Å²) in [6, 6.07) is 13.7. The molecule has 0 amide bonds. The lowest BCUT2D eigenvalue weighted by Crippen LogP contribution is -2.79. The first-order valence-electron chi connectivity index (χ1n) is 10.8. The van der Waals surface area contributed by atoms with E-state index in [1.165, 1.54) is 10.7 Å². The lowest BCUT2D eigenvalue weighted by molar-refractivity contribution is -0.972. The second-order valence-electron chi connectivity index (χ2n) is 9.45. The van der Waals surface area contributed by atoms with Gasteiger partial charge < -0.3 is 0 Å². The third-order valence-corrected chi connectivity index (χ3v) is 7.27. The first-order valence-corrected chi connectivity index (χ1v) is 10.8. The molecule has 0 fully saturated rings. The highest BCUT2D eigenvalue weighted by atomic mass is 19.4. The maximum atomic E-state index is 13.8. The summed E-state index contributed by atoms with van der Waals surface area (Å²) in [6.45, 7) is 3.95. The summed E-state index contributed by atoms with van der Waals surface area (Å²) in [4.78, 5) is 3.99. The number of hydrogen-bond acceptors (Lipinski definition) is 2. The highest BCUT2D eigenvalue weighted by Crippen LogP contribution is 2.49. The van der Waals surface area contributed by atoms with E-state index in [1.807, 2.05) is 35.1 Å². The van der Waals surface area contributed by atoms with E-state index in [9.17, 15) is 26.3 Å². The molecule has 0 bridgehead atoms. The van der Waals surface area contributed by atoms with Crippen molar-refractivity contribution in [1.82, 2.24) is 14.8 Å². The molecule has 0 radical (unpaired) electrons. The molecule has 0 aromatic carbocycles. The summed E-state index contributed by atoms with van der Waals surface area (Å²) in [5, 5.41) is 3.89. The lowest BCUT2D eigenvalue weighted by atomic mass is 9.79. The number of aromatic nitrogens is 5. The minimum absolute atomic E-state index is 0.0795. The Kier molecular flexibility index (Phi) is 3.37. The van der Waals surface area contributed by atoms with E-state index in [-0.39, 0.29) is 11.4 Å². The van der Waals surface area contributed by atoms with Crippen molar-refractivity contribution in [2.45, 2.75) is 37.3 Å². The minimum Gasteiger partial charge on any atom is -0.236 e. The van der Waals surface area contributed by atoms with Crippen LogP contribution in [0, 0.1) is 0 Å². The van der Waals surface area contributed by atoms with Crippen LogP contribution in [0.2, 0.25) is 0 Å². The average Bonchev–Trinajstić information content (AvgIpc) is 3.43. The molecule has 7 heterocycles. The minimum atomic E-state index is -4.70. The largest absolute Gasteiger partial charge is 0.437 e. The van der Waals surface area contributed by atoms with Gasteiger partial charge in [0.25, 0.3) is 5.69 Å². The van der Waals surface area contributed by atoms with E-state index in [0.717, 1.165) is 23.5 Å². The normalized spacial score (nSPS) is 20.3. The highest BCUT2D eigenvalue weighted by Gasteiger charge is 2.73. The topological polar surface area (TPSA) is 38.5 Å². The average molecular weight is 487 g/mol. The summed E-state index contributed by atoms with van der Waals surface area (Å²) in [5.41, 5.74) is -1.62. The van der Waals surface area contributed by atoms with E-state index in [2.05, 4.69) is 10.1 Å². The van der Waals surface area contributed by atoms with Crippen molar-refractivity contribution in [2.24, 2.45) is 0 Å². The molecule has 176 valence electrons. The number of halogens is 6. The Morgan fingerprint density at radius 1 is 0.800 bits per heavy atom. The zero-order chi connectivity index (χ0) is 24.7. The number of pyridine rings is 3. The first kappa shape index (κ1) is 20.6. The molecule has 3 aliphatic rings. The molecule has 0 aliphatic carbocycles. The van der Waals surface area contributed by atoms with Crippen LogP contribution < -0.4 is 9.13 Å². The Morgan fingerprint density at radius 2 is 1.46 bits per heavy atom. The standard InChI is InChI=1S/C24H15F6N5/c1-21(2)16-6-3-5-13-20-12(9-10-14(31-20)23(25,26)27)22(33(13)16)18-11-15(24(28,29)30)32-35(18)19-8-4-7-17(21)34(19)22/h3-11H,1-2H3/q+2/t22-/m0/s1. The van der Waals surface area contributed by atoms with E-state index >= 15 is 0 Å². The monoisotopic (exact) mass is 487 g/mol. The summed E-state index contributed by atoms with van der Waals surface area (Å²) >= 11 is 0. The van der Waals surface area contributed by atoms with Gasteiger partial charge in [-0.15, -0.1) is 4.57 Å². The third kappa shape index (κ3) is 2.18. The molecule has 11 heteroatoms. The van der Waals surface area contributed by atoms with Crippen LogP contribution in [-0.4, -0.2) is 14.8 Å². The Bertz CT molecular complexity index is 1610. The van der Waals surface area contributed by atoms with Gasteiger partial charge in [-0.25, -0.2) is 4.98 Å². The lowest BCUT2D eigenvalue weighted by Gasteiger charge is -2.33. The van der Waals surface area contributed by atoms with Gasteiger partial charge in [0.15, 0.2) is 11.4 Å². The van der Waals surface area contributed by atoms with Gasteiger partial charge in [0.1, 0.15) is 22.4 Å². The number of rotatable bonds is 0. The number of alkyl halides is 6. The molecule has 4 aromatic rings. The fourth-order valence-corrected chi connectivity index (χ4v) is 5.90. The van der Waals surface area contributed by atoms with Crippen molar-refractivity contribution in [3.8, 4) is 17.2 Å². The van der Waals surface area contributed by atoms with Gasteiger partial charge in [-0.1, -0.05) is 15.8 Å². The fourth-order valence-electron chi connectivity index (χ4n) is 5.90. The molecular weight excluding hydrogens is 472 g/mol. The van der Waals surface area contributed by atoms with Gasteiger partial charge in [0, 0.05) is 24.3 Å². The van der Waals surface area contributed by atoms with Gasteiger partial charge in [-0.05, 0) is 38.1 Å². The van der Waals surface area contributed by atoms with Crippen molar-refractivity contribution in [3.63, 3.8) is 0 Å². The van der Waals surface area contributed by atoms with Gasteiger partial charge in [0.05, 0.1) is 0 Å². The summed E-state index contributed by atoms with van der Waals surface area (Å²) in [7, 11) is 0. The molecule has 5 nitrogen and oxygen atoms in total. The Morgan fingerprint density at radius 3 is 2.14 bits per heavy atom. The summed E-state index contributed by atoms with van der Waals surface area (Å²) in [5.74, 6) is 0.391. The van der Waals surface area contributed by atoms with Gasteiger partial charge >= 0.3 is 23.8 Å². The maximum absolute atomic E-state index is 13.8. The molecule has 0 unspecified atom stereocenters. The van der Waals surface area contributed by atoms with Gasteiger partial charge in [-0.2, -0.15) is 30.9 Å². The predicted octanol–water partition coefficient (Wildman–Crippen LogP) is 4.11. The molecule has 0 N–H and O–H groups in total. The van der Waals surface area contributed by atoms with Crippen LogP contribution in [0.25, 0.3) is 17.2 Å². The van der Waals surface area contributed by atoms with Crippen LogP contribution >= 0.6 is 0 Å². The molecule has 7 rings (SSSR count). The number of fused-ring (bicyclic) bond motifs is 4. The van der Waals surface area contributed by atoms with E-state index < -0.39 is 34.8 Å². The SMILES string of the molecule is CC1(C)c2cccc3[n+]2[C@]2(c4ccc(C(F)(F)F)nc4-3)c3cc(C(F)(F)F)nn3-c3cccc1[n+]32. The highest BCUT2D eigenvalue weighted by molar-refractivity contribution is 5.64. The van der Waals surface area contributed by atoms with Gasteiger partial charge in [0.2, 0.25) is 11.4 Å². The molecule has 35 heavy (non-hydrogen) atoms. The van der Waals surface area contributed by atoms with E-state index in [0.29, 0.717) is 17.1 Å². The number of nitrogens with zero attached hydrogens (tertiary/aromatic N) is 5. The quantitative estimate of drug-likeness (QED) is 0.239. The third-order valence-electron chi connectivity index (χ3n) is 7.27. The van der Waals surface area contributed by atoms with Crippen LogP contribution in [0.15, 0.2) is 54.6 Å². The molecular formula is C24H15F6N5+2. The van der Waals surface area contributed by atoms with Crippen molar-refractivity contribution in [2.75, 3.05) is 0 Å². The van der Waals surface area contributed by atoms with Gasteiger partial charge in [-0.3, -0.25) is 0 Å². The van der Waals surface area contributed by atoms with Crippen LogP contribution in [0.5, 0.6) is 0 Å². The molecule has 1 atom stereocenters. The predicted molar refractivity (Wildman–Crippen MR) is 107 cm³/mol. The molecule has 1 spiro atoms. The summed E-state index contributed by atoms with van der Waals surface area (Å²) in [6.07, 6.45) is -9.37. The second kappa shape index (κ2) is 5.72. The second-order valence-corrected chi connectivity index (χ2v) is 9.45. The Balaban J connectivity index is 1.71. The number of hydrogen-bond donors (Lipinski definition) is 0. The van der Waals surface area contributed by atoms with Crippen molar-refractivity contribution in [1.29, 1.82) is 0 Å². The Labute approximate surface area is 193 Å². The van der Waals surface area contributed by atoms with E-state index in [1.54, 1.807) is 24.3 Å². The van der Waals surface area contributed by atoms with Crippen molar-refractivity contribution < 1.29 is 35.5 Å². The van der Waals surface area contributed by atoms with Crippen LogP contribution in [0.3, 0.4) is 0 Å².